The molecule has 0 spiro atoms. The fraction of sp³-hybridized carbons (Fsp3) is 0.348. The summed E-state index contributed by atoms with van der Waals surface area (Å²) in [5.74, 6) is 0.497. The van der Waals surface area contributed by atoms with Crippen molar-refractivity contribution in [2.75, 3.05) is 0 Å². The minimum absolute atomic E-state index is 0.395. The predicted molar refractivity (Wildman–Crippen MR) is 114 cm³/mol. The summed E-state index contributed by atoms with van der Waals surface area (Å²) >= 11 is 0. The van der Waals surface area contributed by atoms with E-state index in [1.54, 1.807) is 30.9 Å². The van der Waals surface area contributed by atoms with Crippen LogP contribution in [0.1, 0.15) is 49.3 Å². The number of hydrogen-bond acceptors (Lipinski definition) is 1. The quantitative estimate of drug-likeness (QED) is 0.383. The number of imidazole rings is 1. The predicted octanol–water partition coefficient (Wildman–Crippen LogP) is 6.01. The lowest BCUT2D eigenvalue weighted by molar-refractivity contribution is -0.138. The van der Waals surface area contributed by atoms with Gasteiger partial charge in [0.15, 0.2) is 7.28 Å². The van der Waals surface area contributed by atoms with Gasteiger partial charge >= 0.3 is 6.18 Å². The van der Waals surface area contributed by atoms with E-state index in [0.29, 0.717) is 17.9 Å². The van der Waals surface area contributed by atoms with Gasteiger partial charge in [0.05, 0.1) is 11.9 Å². The summed E-state index contributed by atoms with van der Waals surface area (Å²) in [5.41, 5.74) is 2.39. The van der Waals surface area contributed by atoms with Crippen molar-refractivity contribution in [3.8, 4) is 0 Å². The number of nitrogens with one attached hydrogen (secondary N) is 1. The average Bonchev–Trinajstić information content (AvgIpc) is 3.28. The maximum absolute atomic E-state index is 12.9. The van der Waals surface area contributed by atoms with Crippen LogP contribution in [0.2, 0.25) is 6.32 Å². The summed E-state index contributed by atoms with van der Waals surface area (Å²) in [6.07, 6.45) is 3.82. The van der Waals surface area contributed by atoms with Crippen molar-refractivity contribution in [2.45, 2.75) is 51.5 Å². The van der Waals surface area contributed by atoms with Crippen molar-refractivity contribution in [1.82, 2.24) is 9.97 Å². The van der Waals surface area contributed by atoms with Gasteiger partial charge in [-0.2, -0.15) is 13.2 Å². The molecule has 0 saturated heterocycles. The number of hydrogen-bond donors (Lipinski definition) is 1. The molecule has 3 aromatic rings. The first-order valence-electron chi connectivity index (χ1n) is 9.89. The molecule has 1 heterocycles. The number of alkyl halides is 3. The molecule has 153 valence electrons. The van der Waals surface area contributed by atoms with Gasteiger partial charge < -0.3 is 4.98 Å². The van der Waals surface area contributed by atoms with Crippen LogP contribution in [-0.2, 0) is 12.6 Å². The molecule has 0 unspecified atom stereocenters. The zero-order valence-corrected chi connectivity index (χ0v) is 16.9. The molecule has 0 saturated carbocycles. The summed E-state index contributed by atoms with van der Waals surface area (Å²) < 4.78 is 38.8. The molecule has 0 atom stereocenters. The van der Waals surface area contributed by atoms with Crippen molar-refractivity contribution >= 4 is 12.7 Å². The van der Waals surface area contributed by atoms with Crippen LogP contribution >= 0.6 is 0 Å². The molecule has 1 aromatic heterocycles. The van der Waals surface area contributed by atoms with Gasteiger partial charge in [-0.1, -0.05) is 74.5 Å². The summed E-state index contributed by atoms with van der Waals surface area (Å²) in [6, 6.07) is 14.3. The molecule has 6 heteroatoms. The largest absolute Gasteiger partial charge is 0.416 e. The van der Waals surface area contributed by atoms with Gasteiger partial charge in [0.1, 0.15) is 0 Å². The SMILES string of the molecule is CC(C)c1cccc([B]CCCCc2ccccc2C(F)(F)F)c1.c1c[nH]cn1. The topological polar surface area (TPSA) is 28.7 Å². The van der Waals surface area contributed by atoms with E-state index in [9.17, 15) is 13.2 Å². The summed E-state index contributed by atoms with van der Waals surface area (Å²) in [4.78, 5) is 6.42. The average molecular weight is 399 g/mol. The van der Waals surface area contributed by atoms with Crippen LogP contribution in [0.5, 0.6) is 0 Å². The Morgan fingerprint density at radius 3 is 2.45 bits per heavy atom. The highest BCUT2D eigenvalue weighted by molar-refractivity contribution is 6.53. The molecule has 2 aromatic carbocycles. The van der Waals surface area contributed by atoms with Crippen LogP contribution in [0.3, 0.4) is 0 Å². The molecule has 3 rings (SSSR count). The van der Waals surface area contributed by atoms with Crippen LogP contribution < -0.4 is 5.46 Å². The highest BCUT2D eigenvalue weighted by Crippen LogP contribution is 2.32. The van der Waals surface area contributed by atoms with Gasteiger partial charge in [0.2, 0.25) is 0 Å². The number of aromatic nitrogens is 2. The molecule has 1 radical (unpaired) electrons. The maximum atomic E-state index is 12.9. The van der Waals surface area contributed by atoms with Crippen LogP contribution in [0.4, 0.5) is 13.2 Å². The monoisotopic (exact) mass is 399 g/mol. The Morgan fingerprint density at radius 1 is 1.03 bits per heavy atom. The van der Waals surface area contributed by atoms with Gasteiger partial charge in [-0.15, -0.1) is 0 Å². The highest BCUT2D eigenvalue weighted by Gasteiger charge is 2.32. The van der Waals surface area contributed by atoms with Gasteiger partial charge in [-0.3, -0.25) is 0 Å². The molecule has 2 nitrogen and oxygen atoms in total. The fourth-order valence-corrected chi connectivity index (χ4v) is 3.00. The second kappa shape index (κ2) is 11.5. The normalized spacial score (nSPS) is 11.1. The number of H-pyrrole nitrogens is 1. The first-order valence-corrected chi connectivity index (χ1v) is 9.89. The number of unbranched alkanes of at least 4 members (excludes halogenated alkanes) is 1. The van der Waals surface area contributed by atoms with Crippen LogP contribution in [0.25, 0.3) is 0 Å². The first kappa shape index (κ1) is 22.8. The molecule has 0 amide bonds. The fourth-order valence-electron chi connectivity index (χ4n) is 3.00. The lowest BCUT2D eigenvalue weighted by Crippen LogP contribution is -2.14. The Labute approximate surface area is 171 Å². The molecule has 0 aliphatic heterocycles. The van der Waals surface area contributed by atoms with E-state index in [4.69, 9.17) is 0 Å². The molecular formula is C23H27BF3N2. The molecule has 0 aliphatic carbocycles. The Balaban J connectivity index is 0.000000521. The number of aromatic amines is 1. The summed E-state index contributed by atoms with van der Waals surface area (Å²) in [6.45, 7) is 4.33. The Morgan fingerprint density at radius 2 is 1.83 bits per heavy atom. The molecule has 0 bridgehead atoms. The van der Waals surface area contributed by atoms with Crippen molar-refractivity contribution in [2.24, 2.45) is 0 Å². The second-order valence-corrected chi connectivity index (χ2v) is 7.19. The van der Waals surface area contributed by atoms with E-state index in [-0.39, 0.29) is 0 Å². The van der Waals surface area contributed by atoms with Crippen LogP contribution in [-0.4, -0.2) is 17.2 Å². The van der Waals surface area contributed by atoms with Crippen LogP contribution in [0, 0.1) is 0 Å². The third-order valence-electron chi connectivity index (χ3n) is 4.59. The first-order chi connectivity index (χ1) is 13.9. The van der Waals surface area contributed by atoms with Crippen molar-refractivity contribution in [1.29, 1.82) is 0 Å². The van der Waals surface area contributed by atoms with Gasteiger partial charge in [-0.25, -0.2) is 4.98 Å². The third kappa shape index (κ3) is 8.18. The van der Waals surface area contributed by atoms with E-state index in [0.717, 1.165) is 19.2 Å². The number of benzene rings is 2. The van der Waals surface area contributed by atoms with E-state index >= 15 is 0 Å². The summed E-state index contributed by atoms with van der Waals surface area (Å²) in [7, 11) is 2.17. The smallest absolute Gasteiger partial charge is 0.351 e. The Bertz CT molecular complexity index is 813. The second-order valence-electron chi connectivity index (χ2n) is 7.19. The van der Waals surface area contributed by atoms with Gasteiger partial charge in [0.25, 0.3) is 0 Å². The van der Waals surface area contributed by atoms with Crippen molar-refractivity contribution < 1.29 is 13.2 Å². The number of rotatable bonds is 7. The lowest BCUT2D eigenvalue weighted by atomic mass is 9.65. The Kier molecular flexibility index (Phi) is 9.03. The molecular weight excluding hydrogens is 372 g/mol. The van der Waals surface area contributed by atoms with E-state index in [1.807, 2.05) is 0 Å². The van der Waals surface area contributed by atoms with E-state index in [1.165, 1.54) is 23.2 Å². The zero-order valence-electron chi connectivity index (χ0n) is 16.9. The minimum Gasteiger partial charge on any atom is -0.351 e. The third-order valence-corrected chi connectivity index (χ3v) is 4.59. The summed E-state index contributed by atoms with van der Waals surface area (Å²) in [5, 5.41) is 0. The Hall–Kier alpha value is -2.50. The number of aryl methyl sites for hydroxylation is 1. The van der Waals surface area contributed by atoms with Crippen molar-refractivity contribution in [3.63, 3.8) is 0 Å². The van der Waals surface area contributed by atoms with E-state index in [2.05, 4.69) is 55.4 Å². The zero-order chi connectivity index (χ0) is 21.1. The molecule has 0 fully saturated rings. The van der Waals surface area contributed by atoms with Gasteiger partial charge in [0, 0.05) is 12.4 Å². The maximum Gasteiger partial charge on any atom is 0.416 e. The minimum atomic E-state index is -4.26. The number of halogens is 3. The standard InChI is InChI=1S/C20H23BF3.C3H4N2/c1-15(2)17-10-7-11-18(14-17)21-13-6-5-9-16-8-3-4-12-19(16)20(22,23)24;1-2-5-3-4-1/h3-4,7-8,10-12,14-15H,5-6,9,13H2,1-2H3;1-3H,(H,4,5). The lowest BCUT2D eigenvalue weighted by Gasteiger charge is -2.12. The van der Waals surface area contributed by atoms with E-state index < -0.39 is 11.7 Å². The van der Waals surface area contributed by atoms with Gasteiger partial charge in [-0.05, 0) is 36.0 Å². The molecule has 29 heavy (non-hydrogen) atoms. The molecule has 0 aliphatic rings. The van der Waals surface area contributed by atoms with Crippen molar-refractivity contribution in [3.05, 3.63) is 83.9 Å². The highest BCUT2D eigenvalue weighted by atomic mass is 19.4. The molecule has 1 N–H and O–H groups in total. The number of nitrogens with zero attached hydrogens (tertiary/aromatic N) is 1. The van der Waals surface area contributed by atoms with Crippen LogP contribution in [0.15, 0.2) is 67.3 Å².